The van der Waals surface area contributed by atoms with E-state index >= 15 is 0 Å². The molecule has 5 rings (SSSR count). The summed E-state index contributed by atoms with van der Waals surface area (Å²) in [7, 11) is 0. The van der Waals surface area contributed by atoms with Crippen molar-refractivity contribution in [3.63, 3.8) is 0 Å². The number of aryl methyl sites for hydroxylation is 1. The molecule has 0 bridgehead atoms. The number of pyridine rings is 1. The van der Waals surface area contributed by atoms with Crippen LogP contribution in [0.5, 0.6) is 0 Å². The van der Waals surface area contributed by atoms with E-state index in [1.54, 1.807) is 21.4 Å². The Morgan fingerprint density at radius 2 is 1.77 bits per heavy atom. The monoisotopic (exact) mass is 428 g/mol. The number of halogens is 3. The minimum Gasteiger partial charge on any atom is -0.335 e. The molecule has 1 saturated heterocycles. The van der Waals surface area contributed by atoms with Gasteiger partial charge in [-0.1, -0.05) is 31.2 Å². The SMILES string of the molecule is CCc1ccc2nnc(C(=O)N3C[C@H]4CC(c5ccccc5C(F)(F)F)C[C@H]4C3)n2c1. The number of carbonyl (C=O) groups is 1. The minimum absolute atomic E-state index is 0.119. The average Bonchev–Trinajstić information content (AvgIpc) is 3.45. The number of hydrogen-bond acceptors (Lipinski definition) is 3. The lowest BCUT2D eigenvalue weighted by atomic mass is 9.91. The molecule has 1 aromatic carbocycles. The summed E-state index contributed by atoms with van der Waals surface area (Å²) in [5.41, 5.74) is 1.57. The normalized spacial score (nSPS) is 23.5. The summed E-state index contributed by atoms with van der Waals surface area (Å²) in [6, 6.07) is 9.71. The van der Waals surface area contributed by atoms with Gasteiger partial charge in [0.2, 0.25) is 5.82 Å². The summed E-state index contributed by atoms with van der Waals surface area (Å²) in [5, 5.41) is 8.21. The first-order valence-corrected chi connectivity index (χ1v) is 10.6. The molecule has 5 nitrogen and oxygen atoms in total. The third-order valence-electron chi connectivity index (χ3n) is 6.81. The summed E-state index contributed by atoms with van der Waals surface area (Å²) < 4.78 is 42.0. The fraction of sp³-hybridized carbons (Fsp3) is 0.435. The Hall–Kier alpha value is -2.90. The van der Waals surface area contributed by atoms with Crippen molar-refractivity contribution in [1.82, 2.24) is 19.5 Å². The molecular weight excluding hydrogens is 405 g/mol. The molecule has 1 saturated carbocycles. The van der Waals surface area contributed by atoms with Crippen LogP contribution in [-0.2, 0) is 12.6 Å². The second kappa shape index (κ2) is 7.35. The lowest BCUT2D eigenvalue weighted by Crippen LogP contribution is -2.31. The maximum Gasteiger partial charge on any atom is 0.416 e. The van der Waals surface area contributed by atoms with E-state index in [0.717, 1.165) is 12.0 Å². The first-order valence-electron chi connectivity index (χ1n) is 10.6. The van der Waals surface area contributed by atoms with E-state index < -0.39 is 11.7 Å². The Bertz CT molecular complexity index is 1130. The Morgan fingerprint density at radius 3 is 2.45 bits per heavy atom. The molecule has 1 aliphatic carbocycles. The summed E-state index contributed by atoms with van der Waals surface area (Å²) in [4.78, 5) is 14.9. The molecule has 0 spiro atoms. The largest absolute Gasteiger partial charge is 0.416 e. The Morgan fingerprint density at radius 1 is 1.06 bits per heavy atom. The molecule has 3 atom stereocenters. The minimum atomic E-state index is -4.34. The van der Waals surface area contributed by atoms with Gasteiger partial charge in [-0.15, -0.1) is 10.2 Å². The van der Waals surface area contributed by atoms with Crippen LogP contribution in [0.1, 0.15) is 53.0 Å². The predicted octanol–water partition coefficient (Wildman–Crippen LogP) is 4.58. The fourth-order valence-electron chi connectivity index (χ4n) is 5.26. The number of hydrogen-bond donors (Lipinski definition) is 0. The van der Waals surface area contributed by atoms with Gasteiger partial charge in [-0.2, -0.15) is 13.2 Å². The lowest BCUT2D eigenvalue weighted by Gasteiger charge is -2.21. The number of alkyl halides is 3. The Kier molecular flexibility index (Phi) is 4.75. The van der Waals surface area contributed by atoms with Crippen LogP contribution in [0.15, 0.2) is 42.6 Å². The molecule has 2 fully saturated rings. The van der Waals surface area contributed by atoms with Gasteiger partial charge in [-0.3, -0.25) is 9.20 Å². The number of benzene rings is 1. The summed E-state index contributed by atoms with van der Waals surface area (Å²) in [5.74, 6) is 0.430. The van der Waals surface area contributed by atoms with Crippen LogP contribution in [0.4, 0.5) is 13.2 Å². The van der Waals surface area contributed by atoms with Crippen molar-refractivity contribution < 1.29 is 18.0 Å². The highest BCUT2D eigenvalue weighted by atomic mass is 19.4. The highest BCUT2D eigenvalue weighted by molar-refractivity contribution is 5.91. The van der Waals surface area contributed by atoms with E-state index in [2.05, 4.69) is 10.2 Å². The van der Waals surface area contributed by atoms with E-state index in [1.807, 2.05) is 25.3 Å². The molecule has 162 valence electrons. The zero-order chi connectivity index (χ0) is 21.8. The third kappa shape index (κ3) is 3.47. The van der Waals surface area contributed by atoms with Crippen LogP contribution in [0.2, 0.25) is 0 Å². The van der Waals surface area contributed by atoms with Crippen molar-refractivity contribution in [3.05, 3.63) is 65.1 Å². The third-order valence-corrected chi connectivity index (χ3v) is 6.81. The molecule has 0 N–H and O–H groups in total. The van der Waals surface area contributed by atoms with E-state index in [-0.39, 0.29) is 23.7 Å². The molecule has 2 aromatic heterocycles. The zero-order valence-corrected chi connectivity index (χ0v) is 17.1. The van der Waals surface area contributed by atoms with Crippen molar-refractivity contribution in [1.29, 1.82) is 0 Å². The van der Waals surface area contributed by atoms with Gasteiger partial charge in [0, 0.05) is 19.3 Å². The first-order chi connectivity index (χ1) is 14.8. The second-order valence-corrected chi connectivity index (χ2v) is 8.63. The standard InChI is InChI=1S/C23H23F3N4O/c1-2-14-7-8-20-27-28-21(30(20)11-14)22(31)29-12-16-9-15(10-17(16)13-29)18-5-3-4-6-19(18)23(24,25)26/h3-8,11,15-17H,2,9-10,12-13H2,1H3/t15?,16-,17+. The smallest absolute Gasteiger partial charge is 0.335 e. The van der Waals surface area contributed by atoms with Crippen molar-refractivity contribution in [2.45, 2.75) is 38.3 Å². The van der Waals surface area contributed by atoms with Gasteiger partial charge < -0.3 is 4.90 Å². The number of aromatic nitrogens is 3. The number of rotatable bonds is 3. The van der Waals surface area contributed by atoms with Crippen LogP contribution in [0.25, 0.3) is 5.65 Å². The van der Waals surface area contributed by atoms with Crippen LogP contribution in [0.3, 0.4) is 0 Å². The van der Waals surface area contributed by atoms with Gasteiger partial charge in [0.15, 0.2) is 5.65 Å². The van der Waals surface area contributed by atoms with Gasteiger partial charge >= 0.3 is 6.18 Å². The van der Waals surface area contributed by atoms with Crippen molar-refractivity contribution in [3.8, 4) is 0 Å². The van der Waals surface area contributed by atoms with Gasteiger partial charge in [0.05, 0.1) is 5.56 Å². The van der Waals surface area contributed by atoms with E-state index in [4.69, 9.17) is 0 Å². The molecule has 0 radical (unpaired) electrons. The van der Waals surface area contributed by atoms with Crippen LogP contribution in [0, 0.1) is 11.8 Å². The van der Waals surface area contributed by atoms with Gasteiger partial charge in [-0.25, -0.2) is 0 Å². The Labute approximate surface area is 177 Å². The molecule has 8 heteroatoms. The van der Waals surface area contributed by atoms with Gasteiger partial charge in [0.1, 0.15) is 0 Å². The summed E-state index contributed by atoms with van der Waals surface area (Å²) in [6.45, 7) is 3.15. The number of likely N-dealkylation sites (tertiary alicyclic amines) is 1. The van der Waals surface area contributed by atoms with E-state index in [1.165, 1.54) is 12.1 Å². The average molecular weight is 428 g/mol. The Balaban J connectivity index is 1.33. The van der Waals surface area contributed by atoms with Crippen LogP contribution in [-0.4, -0.2) is 38.5 Å². The number of nitrogens with zero attached hydrogens (tertiary/aromatic N) is 4. The highest BCUT2D eigenvalue weighted by Crippen LogP contribution is 2.49. The predicted molar refractivity (Wildman–Crippen MR) is 109 cm³/mol. The van der Waals surface area contributed by atoms with E-state index in [9.17, 15) is 18.0 Å². The molecule has 2 aliphatic rings. The maximum atomic E-state index is 13.4. The molecule has 3 heterocycles. The molecule has 1 aliphatic heterocycles. The van der Waals surface area contributed by atoms with Crippen molar-refractivity contribution in [2.24, 2.45) is 11.8 Å². The highest BCUT2D eigenvalue weighted by Gasteiger charge is 2.45. The van der Waals surface area contributed by atoms with Gasteiger partial charge in [-0.05, 0) is 60.3 Å². The zero-order valence-electron chi connectivity index (χ0n) is 17.1. The lowest BCUT2D eigenvalue weighted by molar-refractivity contribution is -0.138. The molecule has 1 unspecified atom stereocenters. The number of carbonyl (C=O) groups excluding carboxylic acids is 1. The van der Waals surface area contributed by atoms with Crippen LogP contribution >= 0.6 is 0 Å². The second-order valence-electron chi connectivity index (χ2n) is 8.63. The molecule has 3 aromatic rings. The van der Waals surface area contributed by atoms with Crippen LogP contribution < -0.4 is 0 Å². The van der Waals surface area contributed by atoms with Gasteiger partial charge in [0.25, 0.3) is 5.91 Å². The first kappa shape index (κ1) is 20.0. The maximum absolute atomic E-state index is 13.4. The van der Waals surface area contributed by atoms with E-state index in [0.29, 0.717) is 43.0 Å². The number of fused-ring (bicyclic) bond motifs is 2. The topological polar surface area (TPSA) is 50.5 Å². The van der Waals surface area contributed by atoms with Crippen molar-refractivity contribution in [2.75, 3.05) is 13.1 Å². The molecule has 1 amide bonds. The molecule has 31 heavy (non-hydrogen) atoms. The molecular formula is C23H23F3N4O. The summed E-state index contributed by atoms with van der Waals surface area (Å²) in [6.07, 6.45) is -0.271. The summed E-state index contributed by atoms with van der Waals surface area (Å²) >= 11 is 0. The fourth-order valence-corrected chi connectivity index (χ4v) is 5.26. The quantitative estimate of drug-likeness (QED) is 0.614. The number of amides is 1. The van der Waals surface area contributed by atoms with Crippen molar-refractivity contribution >= 4 is 11.6 Å².